The quantitative estimate of drug-likeness (QED) is 0.641. The Morgan fingerprint density at radius 3 is 2.56 bits per heavy atom. The number of nitrogens with one attached hydrogen (secondary N) is 2. The van der Waals surface area contributed by atoms with E-state index in [9.17, 15) is 18.0 Å². The molecular weight excluding hydrogens is 346 g/mol. The second kappa shape index (κ2) is 8.30. The molecule has 8 nitrogen and oxygen atoms in total. The van der Waals surface area contributed by atoms with Crippen LogP contribution >= 0.6 is 0 Å². The van der Waals surface area contributed by atoms with Crippen molar-refractivity contribution in [2.75, 3.05) is 26.2 Å². The van der Waals surface area contributed by atoms with E-state index in [1.54, 1.807) is 12.1 Å². The van der Waals surface area contributed by atoms with E-state index >= 15 is 0 Å². The standard InChI is InChI=1S/C16H23N3O5S/c1-12-4-6-14(7-5-12)25(23,24)18-9-8-17-16(22)19-10-2-3-13(11-19)15(20)21/h4-7,13,18H,2-3,8-11H2,1H3,(H,17,22)(H,20,21). The molecule has 1 aliphatic heterocycles. The fraction of sp³-hybridized carbons (Fsp3) is 0.500. The number of hydrogen-bond donors (Lipinski definition) is 3. The molecule has 0 aromatic heterocycles. The highest BCUT2D eigenvalue weighted by Gasteiger charge is 2.27. The van der Waals surface area contributed by atoms with Crippen LogP contribution in [0.25, 0.3) is 0 Å². The zero-order chi connectivity index (χ0) is 18.4. The first-order valence-electron chi connectivity index (χ1n) is 8.11. The van der Waals surface area contributed by atoms with Gasteiger partial charge >= 0.3 is 12.0 Å². The van der Waals surface area contributed by atoms with Crippen LogP contribution in [-0.2, 0) is 14.8 Å². The van der Waals surface area contributed by atoms with Gasteiger partial charge < -0.3 is 15.3 Å². The maximum Gasteiger partial charge on any atom is 0.317 e. The number of amides is 2. The van der Waals surface area contributed by atoms with Crippen LogP contribution in [0.5, 0.6) is 0 Å². The minimum Gasteiger partial charge on any atom is -0.481 e. The van der Waals surface area contributed by atoms with Gasteiger partial charge in [-0.1, -0.05) is 17.7 Å². The maximum absolute atomic E-state index is 12.1. The van der Waals surface area contributed by atoms with E-state index in [-0.39, 0.29) is 30.6 Å². The Hall–Kier alpha value is -2.13. The van der Waals surface area contributed by atoms with Crippen molar-refractivity contribution in [1.29, 1.82) is 0 Å². The third-order valence-electron chi connectivity index (χ3n) is 4.08. The Labute approximate surface area is 147 Å². The SMILES string of the molecule is Cc1ccc(S(=O)(=O)NCCNC(=O)N2CCCC(C(=O)O)C2)cc1. The Morgan fingerprint density at radius 2 is 1.92 bits per heavy atom. The van der Waals surface area contributed by atoms with Crippen molar-refractivity contribution in [1.82, 2.24) is 14.9 Å². The molecule has 138 valence electrons. The van der Waals surface area contributed by atoms with Gasteiger partial charge in [0.1, 0.15) is 0 Å². The van der Waals surface area contributed by atoms with Crippen LogP contribution in [0.3, 0.4) is 0 Å². The topological polar surface area (TPSA) is 116 Å². The van der Waals surface area contributed by atoms with Crippen LogP contribution in [-0.4, -0.2) is 56.6 Å². The van der Waals surface area contributed by atoms with Crippen LogP contribution < -0.4 is 10.0 Å². The van der Waals surface area contributed by atoms with E-state index in [0.717, 1.165) is 5.56 Å². The van der Waals surface area contributed by atoms with Crippen molar-refractivity contribution in [3.05, 3.63) is 29.8 Å². The second-order valence-corrected chi connectivity index (χ2v) is 7.83. The third kappa shape index (κ3) is 5.43. The predicted octanol–water partition coefficient (Wildman–Crippen LogP) is 0.780. The summed E-state index contributed by atoms with van der Waals surface area (Å²) >= 11 is 0. The van der Waals surface area contributed by atoms with E-state index < -0.39 is 21.9 Å². The molecule has 0 bridgehead atoms. The van der Waals surface area contributed by atoms with Gasteiger partial charge in [0.25, 0.3) is 0 Å². The summed E-state index contributed by atoms with van der Waals surface area (Å²) < 4.78 is 26.6. The molecule has 2 amide bonds. The highest BCUT2D eigenvalue weighted by Crippen LogP contribution is 2.16. The number of aryl methyl sites for hydroxylation is 1. The Morgan fingerprint density at radius 1 is 1.24 bits per heavy atom. The van der Waals surface area contributed by atoms with Crippen LogP contribution in [0, 0.1) is 12.8 Å². The fourth-order valence-corrected chi connectivity index (χ4v) is 3.66. The van der Waals surface area contributed by atoms with Gasteiger partial charge in [-0.15, -0.1) is 0 Å². The van der Waals surface area contributed by atoms with Gasteiger partial charge in [0.05, 0.1) is 10.8 Å². The molecule has 1 saturated heterocycles. The lowest BCUT2D eigenvalue weighted by molar-refractivity contribution is -0.143. The van der Waals surface area contributed by atoms with Gasteiger partial charge in [0, 0.05) is 26.2 Å². The van der Waals surface area contributed by atoms with Crippen LogP contribution in [0.2, 0.25) is 0 Å². The van der Waals surface area contributed by atoms with Gasteiger partial charge in [0.15, 0.2) is 0 Å². The number of urea groups is 1. The molecule has 25 heavy (non-hydrogen) atoms. The number of benzene rings is 1. The van der Waals surface area contributed by atoms with Crippen molar-refractivity contribution < 1.29 is 23.1 Å². The minimum absolute atomic E-state index is 0.0537. The summed E-state index contributed by atoms with van der Waals surface area (Å²) in [4.78, 5) is 24.7. The fourth-order valence-electron chi connectivity index (χ4n) is 2.63. The number of nitrogens with zero attached hydrogens (tertiary/aromatic N) is 1. The van der Waals surface area contributed by atoms with Gasteiger partial charge in [-0.2, -0.15) is 0 Å². The van der Waals surface area contributed by atoms with E-state index in [4.69, 9.17) is 5.11 Å². The number of aliphatic carboxylic acids is 1. The monoisotopic (exact) mass is 369 g/mol. The first-order chi connectivity index (χ1) is 11.8. The molecule has 1 aromatic carbocycles. The number of carbonyl (C=O) groups is 2. The van der Waals surface area contributed by atoms with E-state index in [1.165, 1.54) is 17.0 Å². The first kappa shape index (κ1) is 19.2. The lowest BCUT2D eigenvalue weighted by Gasteiger charge is -2.30. The smallest absolute Gasteiger partial charge is 0.317 e. The number of carboxylic acids is 1. The van der Waals surface area contributed by atoms with Crippen molar-refractivity contribution >= 4 is 22.0 Å². The Kier molecular flexibility index (Phi) is 6.38. The summed E-state index contributed by atoms with van der Waals surface area (Å²) in [6.45, 7) is 2.73. The van der Waals surface area contributed by atoms with E-state index in [0.29, 0.717) is 19.4 Å². The number of carboxylic acid groups (broad SMARTS) is 1. The predicted molar refractivity (Wildman–Crippen MR) is 91.7 cm³/mol. The van der Waals surface area contributed by atoms with Crippen molar-refractivity contribution in [2.45, 2.75) is 24.7 Å². The zero-order valence-corrected chi connectivity index (χ0v) is 14.9. The molecule has 0 radical (unpaired) electrons. The highest BCUT2D eigenvalue weighted by atomic mass is 32.2. The van der Waals surface area contributed by atoms with E-state index in [1.807, 2.05) is 6.92 Å². The summed E-state index contributed by atoms with van der Waals surface area (Å²) in [7, 11) is -3.61. The first-order valence-corrected chi connectivity index (χ1v) is 9.60. The maximum atomic E-state index is 12.1. The summed E-state index contributed by atoms with van der Waals surface area (Å²) in [6, 6.07) is 6.10. The minimum atomic E-state index is -3.61. The number of rotatable bonds is 6. The van der Waals surface area contributed by atoms with E-state index in [2.05, 4.69) is 10.0 Å². The lowest BCUT2D eigenvalue weighted by Crippen LogP contribution is -2.48. The van der Waals surface area contributed by atoms with Gasteiger partial charge in [0.2, 0.25) is 10.0 Å². The molecule has 2 rings (SSSR count). The Bertz CT molecular complexity index is 718. The molecule has 0 saturated carbocycles. The van der Waals surface area contributed by atoms with Crippen LogP contribution in [0.4, 0.5) is 4.79 Å². The molecule has 9 heteroatoms. The largest absolute Gasteiger partial charge is 0.481 e. The molecular formula is C16H23N3O5S. The Balaban J connectivity index is 1.77. The molecule has 0 aliphatic carbocycles. The average Bonchev–Trinajstić information content (AvgIpc) is 2.59. The highest BCUT2D eigenvalue weighted by molar-refractivity contribution is 7.89. The summed E-state index contributed by atoms with van der Waals surface area (Å²) in [5.74, 6) is -1.44. The van der Waals surface area contributed by atoms with Crippen LogP contribution in [0.15, 0.2) is 29.2 Å². The summed E-state index contributed by atoms with van der Waals surface area (Å²) in [5.41, 5.74) is 0.965. The molecule has 1 atom stereocenters. The van der Waals surface area contributed by atoms with Gasteiger partial charge in [-0.25, -0.2) is 17.9 Å². The molecule has 1 unspecified atom stereocenters. The summed E-state index contributed by atoms with van der Waals surface area (Å²) in [5, 5.41) is 11.6. The molecule has 0 spiro atoms. The lowest BCUT2D eigenvalue weighted by atomic mass is 9.99. The van der Waals surface area contributed by atoms with Crippen molar-refractivity contribution in [2.24, 2.45) is 5.92 Å². The summed E-state index contributed by atoms with van der Waals surface area (Å²) in [6.07, 6.45) is 1.21. The van der Waals surface area contributed by atoms with Gasteiger partial charge in [-0.3, -0.25) is 4.79 Å². The van der Waals surface area contributed by atoms with Crippen molar-refractivity contribution in [3.8, 4) is 0 Å². The van der Waals surface area contributed by atoms with Gasteiger partial charge in [-0.05, 0) is 31.9 Å². The molecule has 1 aromatic rings. The second-order valence-electron chi connectivity index (χ2n) is 6.07. The number of sulfonamides is 1. The number of carbonyl (C=O) groups excluding carboxylic acids is 1. The zero-order valence-electron chi connectivity index (χ0n) is 14.1. The molecule has 1 fully saturated rings. The number of hydrogen-bond acceptors (Lipinski definition) is 4. The molecule has 3 N–H and O–H groups in total. The average molecular weight is 369 g/mol. The number of likely N-dealkylation sites (tertiary alicyclic amines) is 1. The molecule has 1 heterocycles. The number of piperidine rings is 1. The normalized spacial score (nSPS) is 18.0. The van der Waals surface area contributed by atoms with Crippen LogP contribution in [0.1, 0.15) is 18.4 Å². The molecule has 1 aliphatic rings. The third-order valence-corrected chi connectivity index (χ3v) is 5.56. The van der Waals surface area contributed by atoms with Crippen molar-refractivity contribution in [3.63, 3.8) is 0 Å².